The zero-order valence-corrected chi connectivity index (χ0v) is 17.5. The van der Waals surface area contributed by atoms with Crippen molar-refractivity contribution in [1.82, 2.24) is 0 Å². The van der Waals surface area contributed by atoms with Crippen LogP contribution in [0.1, 0.15) is 18.4 Å². The fraction of sp³-hybridized carbons (Fsp3) is 0.0667. The van der Waals surface area contributed by atoms with Gasteiger partial charge >= 0.3 is 0 Å². The zero-order valence-electron chi connectivity index (χ0n) is 17.5. The molecular formula is C30H20O2. The summed E-state index contributed by atoms with van der Waals surface area (Å²) >= 11 is 0. The molecule has 0 atom stereocenters. The van der Waals surface area contributed by atoms with E-state index in [4.69, 9.17) is 8.83 Å². The van der Waals surface area contributed by atoms with Crippen molar-refractivity contribution in [1.29, 1.82) is 0 Å². The summed E-state index contributed by atoms with van der Waals surface area (Å²) in [6.45, 7) is 0. The van der Waals surface area contributed by atoms with Crippen molar-refractivity contribution >= 4 is 49.5 Å². The smallest absolute Gasteiger partial charge is 0.136 e. The monoisotopic (exact) mass is 412 g/mol. The highest BCUT2D eigenvalue weighted by atomic mass is 16.3. The molecular weight excluding hydrogens is 392 g/mol. The topological polar surface area (TPSA) is 26.3 Å². The third-order valence-electron chi connectivity index (χ3n) is 6.56. The average Bonchev–Trinajstić information content (AvgIpc) is 3.42. The lowest BCUT2D eigenvalue weighted by atomic mass is 9.95. The fourth-order valence-electron chi connectivity index (χ4n) is 4.99. The predicted octanol–water partition coefficient (Wildman–Crippen LogP) is 8.89. The number of hydrogen-bond donors (Lipinski definition) is 0. The van der Waals surface area contributed by atoms with Crippen LogP contribution < -0.4 is 0 Å². The van der Waals surface area contributed by atoms with Crippen LogP contribution in [0.2, 0.25) is 0 Å². The maximum atomic E-state index is 6.26. The molecule has 32 heavy (non-hydrogen) atoms. The van der Waals surface area contributed by atoms with E-state index in [-0.39, 0.29) is 0 Å². The Hall–Kier alpha value is -4.04. The number of allylic oxidation sites excluding steroid dienone is 4. The quantitative estimate of drug-likeness (QED) is 0.284. The first-order valence-electron chi connectivity index (χ1n) is 11.1. The molecule has 0 saturated heterocycles. The highest BCUT2D eigenvalue weighted by molar-refractivity contribution is 6.26. The molecule has 0 spiro atoms. The summed E-state index contributed by atoms with van der Waals surface area (Å²) in [4.78, 5) is 0. The average molecular weight is 412 g/mol. The molecule has 2 nitrogen and oxygen atoms in total. The van der Waals surface area contributed by atoms with Crippen LogP contribution in [-0.4, -0.2) is 0 Å². The summed E-state index contributed by atoms with van der Waals surface area (Å²) in [5.41, 5.74) is 8.63. The Morgan fingerprint density at radius 3 is 1.84 bits per heavy atom. The van der Waals surface area contributed by atoms with E-state index in [1.54, 1.807) is 0 Å². The summed E-state index contributed by atoms with van der Waals surface area (Å²) < 4.78 is 12.5. The second kappa shape index (κ2) is 6.73. The molecule has 4 aromatic carbocycles. The lowest BCUT2D eigenvalue weighted by Crippen LogP contribution is -1.87. The summed E-state index contributed by atoms with van der Waals surface area (Å²) in [5, 5.41) is 4.53. The van der Waals surface area contributed by atoms with E-state index in [1.165, 1.54) is 22.3 Å². The van der Waals surface area contributed by atoms with Gasteiger partial charge < -0.3 is 8.83 Å². The van der Waals surface area contributed by atoms with Crippen molar-refractivity contribution in [3.63, 3.8) is 0 Å². The van der Waals surface area contributed by atoms with Gasteiger partial charge in [0, 0.05) is 21.5 Å². The van der Waals surface area contributed by atoms with Crippen LogP contribution in [-0.2, 0) is 0 Å². The van der Waals surface area contributed by atoms with E-state index in [9.17, 15) is 0 Å². The van der Waals surface area contributed by atoms with Gasteiger partial charge in [-0.05, 0) is 71.5 Å². The molecule has 0 unspecified atom stereocenters. The van der Waals surface area contributed by atoms with Crippen molar-refractivity contribution in [3.05, 3.63) is 103 Å². The van der Waals surface area contributed by atoms with Crippen LogP contribution >= 0.6 is 0 Å². The van der Waals surface area contributed by atoms with Crippen LogP contribution in [0.25, 0.3) is 60.6 Å². The highest BCUT2D eigenvalue weighted by Crippen LogP contribution is 2.41. The maximum Gasteiger partial charge on any atom is 0.136 e. The molecule has 2 heteroatoms. The Morgan fingerprint density at radius 2 is 1.19 bits per heavy atom. The largest absolute Gasteiger partial charge is 0.456 e. The summed E-state index contributed by atoms with van der Waals surface area (Å²) in [5.74, 6) is 0. The molecule has 1 aliphatic carbocycles. The van der Waals surface area contributed by atoms with Gasteiger partial charge in [-0.1, -0.05) is 60.7 Å². The molecule has 2 aromatic heterocycles. The summed E-state index contributed by atoms with van der Waals surface area (Å²) in [6.07, 6.45) is 8.77. The van der Waals surface area contributed by atoms with Crippen molar-refractivity contribution in [3.8, 4) is 11.1 Å². The first-order chi connectivity index (χ1) is 15.8. The van der Waals surface area contributed by atoms with Gasteiger partial charge in [-0.25, -0.2) is 0 Å². The maximum absolute atomic E-state index is 6.26. The molecule has 6 aromatic rings. The van der Waals surface area contributed by atoms with Gasteiger partial charge in [0.1, 0.15) is 22.3 Å². The fourth-order valence-corrected chi connectivity index (χ4v) is 4.99. The Morgan fingerprint density at radius 1 is 0.562 bits per heavy atom. The Balaban J connectivity index is 1.55. The molecule has 0 fully saturated rings. The minimum absolute atomic E-state index is 0.894. The van der Waals surface area contributed by atoms with E-state index in [1.807, 2.05) is 18.2 Å². The molecule has 0 aliphatic heterocycles. The Labute approximate surface area is 185 Å². The number of fused-ring (bicyclic) bond motifs is 7. The van der Waals surface area contributed by atoms with E-state index in [0.29, 0.717) is 0 Å². The number of hydrogen-bond acceptors (Lipinski definition) is 2. The van der Waals surface area contributed by atoms with Crippen molar-refractivity contribution in [2.24, 2.45) is 0 Å². The van der Waals surface area contributed by atoms with E-state index >= 15 is 0 Å². The van der Waals surface area contributed by atoms with Crippen LogP contribution in [0.15, 0.2) is 106 Å². The van der Waals surface area contributed by atoms with Crippen LogP contribution in [0.5, 0.6) is 0 Å². The van der Waals surface area contributed by atoms with Gasteiger partial charge in [-0.15, -0.1) is 0 Å². The highest BCUT2D eigenvalue weighted by Gasteiger charge is 2.17. The van der Waals surface area contributed by atoms with Crippen LogP contribution in [0, 0.1) is 0 Å². The van der Waals surface area contributed by atoms with E-state index < -0.39 is 0 Å². The van der Waals surface area contributed by atoms with E-state index in [0.717, 1.165) is 56.7 Å². The van der Waals surface area contributed by atoms with Gasteiger partial charge in [-0.2, -0.15) is 0 Å². The second-order valence-electron chi connectivity index (χ2n) is 8.46. The number of rotatable bonds is 2. The first kappa shape index (κ1) is 17.6. The molecule has 0 bridgehead atoms. The molecule has 0 amide bonds. The lowest BCUT2D eigenvalue weighted by molar-refractivity contribution is 0.663. The van der Waals surface area contributed by atoms with Crippen molar-refractivity contribution in [2.45, 2.75) is 12.8 Å². The van der Waals surface area contributed by atoms with Crippen LogP contribution in [0.4, 0.5) is 0 Å². The first-order valence-corrected chi connectivity index (χ1v) is 11.1. The SMILES string of the molecule is C1=CCCC(c2ccc3oc4ccc5oc6ccc(-c7ccccc7)cc6c5c4c3c2)=C1. The third kappa shape index (κ3) is 2.59. The van der Waals surface area contributed by atoms with Gasteiger partial charge in [0.15, 0.2) is 0 Å². The minimum Gasteiger partial charge on any atom is -0.456 e. The summed E-state index contributed by atoms with van der Waals surface area (Å²) in [7, 11) is 0. The van der Waals surface area contributed by atoms with Crippen molar-refractivity contribution < 1.29 is 8.83 Å². The number of benzene rings is 4. The lowest BCUT2D eigenvalue weighted by Gasteiger charge is -2.09. The molecule has 0 saturated carbocycles. The molecule has 152 valence electrons. The zero-order chi connectivity index (χ0) is 21.1. The minimum atomic E-state index is 0.894. The van der Waals surface area contributed by atoms with E-state index in [2.05, 4.69) is 78.9 Å². The van der Waals surface area contributed by atoms with Gasteiger partial charge in [0.05, 0.1) is 0 Å². The van der Waals surface area contributed by atoms with Gasteiger partial charge in [0.25, 0.3) is 0 Å². The van der Waals surface area contributed by atoms with Gasteiger partial charge in [-0.3, -0.25) is 0 Å². The second-order valence-corrected chi connectivity index (χ2v) is 8.46. The molecule has 1 aliphatic rings. The molecule has 0 N–H and O–H groups in total. The van der Waals surface area contributed by atoms with Gasteiger partial charge in [0.2, 0.25) is 0 Å². The molecule has 7 rings (SSSR count). The predicted molar refractivity (Wildman–Crippen MR) is 133 cm³/mol. The Kier molecular flexibility index (Phi) is 3.71. The molecule has 0 radical (unpaired) electrons. The number of furan rings is 2. The Bertz CT molecular complexity index is 1710. The van der Waals surface area contributed by atoms with Crippen LogP contribution in [0.3, 0.4) is 0 Å². The summed E-state index contributed by atoms with van der Waals surface area (Å²) in [6, 6.07) is 27.6. The third-order valence-corrected chi connectivity index (χ3v) is 6.56. The van der Waals surface area contributed by atoms with Crippen molar-refractivity contribution in [2.75, 3.05) is 0 Å². The molecule has 2 heterocycles. The standard InChI is InChI=1S/C30H20O2/c1-3-7-19(8-4-1)21-11-13-25-23(17-21)29-27(31-25)15-16-28-30(29)24-18-22(12-14-26(24)32-28)20-9-5-2-6-10-20/h1-5,7-9,11-18H,6,10H2. The normalized spacial score (nSPS) is 14.1.